The fourth-order valence-corrected chi connectivity index (χ4v) is 0.668. The molecule has 0 fully saturated rings. The van der Waals surface area contributed by atoms with Crippen molar-refractivity contribution >= 4 is 11.9 Å². The van der Waals surface area contributed by atoms with Gasteiger partial charge in [-0.2, -0.15) is 0 Å². The van der Waals surface area contributed by atoms with E-state index < -0.39 is 18.0 Å². The van der Waals surface area contributed by atoms with E-state index in [0.717, 1.165) is 0 Å². The summed E-state index contributed by atoms with van der Waals surface area (Å²) in [6.07, 6.45) is -0.386. The fourth-order valence-electron chi connectivity index (χ4n) is 0.668. The van der Waals surface area contributed by atoms with Crippen molar-refractivity contribution in [2.24, 2.45) is 0 Å². The molecule has 0 bridgehead atoms. The second kappa shape index (κ2) is 6.56. The Morgan fingerprint density at radius 3 is 2.17 bits per heavy atom. The number of nitrogens with one attached hydrogen (secondary N) is 1. The number of hydrogen-bond donors (Lipinski definition) is 4. The SMILES string of the molecule is CCNC(CC(=O)O)C(=O)O.N. The zero-order chi connectivity index (χ0) is 8.85. The van der Waals surface area contributed by atoms with Crippen LogP contribution in [0.3, 0.4) is 0 Å². The van der Waals surface area contributed by atoms with Gasteiger partial charge in [0.15, 0.2) is 0 Å². The summed E-state index contributed by atoms with van der Waals surface area (Å²) in [5.41, 5.74) is 0. The van der Waals surface area contributed by atoms with Crippen LogP contribution in [0.2, 0.25) is 0 Å². The lowest BCUT2D eigenvalue weighted by Gasteiger charge is -2.08. The van der Waals surface area contributed by atoms with Gasteiger partial charge in [-0.3, -0.25) is 9.59 Å². The molecule has 0 saturated carbocycles. The smallest absolute Gasteiger partial charge is 0.321 e. The first-order valence-corrected chi connectivity index (χ1v) is 3.26. The third-order valence-electron chi connectivity index (χ3n) is 1.13. The number of rotatable bonds is 5. The normalized spacial score (nSPS) is 11.4. The Labute approximate surface area is 70.2 Å². The molecule has 0 aliphatic heterocycles. The molecule has 6 nitrogen and oxygen atoms in total. The van der Waals surface area contributed by atoms with Crippen molar-refractivity contribution in [1.82, 2.24) is 11.5 Å². The van der Waals surface area contributed by atoms with Crippen LogP contribution in [0.5, 0.6) is 0 Å². The van der Waals surface area contributed by atoms with Gasteiger partial charge in [0.25, 0.3) is 0 Å². The molecule has 0 saturated heterocycles. The standard InChI is InChI=1S/C6H11NO4.H3N/c1-2-7-4(6(10)11)3-5(8)9;/h4,7H,2-3H2,1H3,(H,8,9)(H,10,11);1H3. The minimum Gasteiger partial charge on any atom is -0.481 e. The van der Waals surface area contributed by atoms with Crippen molar-refractivity contribution < 1.29 is 19.8 Å². The molecule has 0 heterocycles. The van der Waals surface area contributed by atoms with E-state index in [1.165, 1.54) is 0 Å². The summed E-state index contributed by atoms with van der Waals surface area (Å²) in [7, 11) is 0. The van der Waals surface area contributed by atoms with Crippen LogP contribution < -0.4 is 11.5 Å². The van der Waals surface area contributed by atoms with Gasteiger partial charge in [-0.25, -0.2) is 0 Å². The van der Waals surface area contributed by atoms with Crippen molar-refractivity contribution in [1.29, 1.82) is 0 Å². The molecule has 0 aliphatic carbocycles. The molecule has 6 N–H and O–H groups in total. The van der Waals surface area contributed by atoms with Gasteiger partial charge >= 0.3 is 11.9 Å². The molecule has 0 spiro atoms. The Hall–Kier alpha value is -1.14. The lowest BCUT2D eigenvalue weighted by molar-refractivity contribution is -0.145. The molecule has 72 valence electrons. The summed E-state index contributed by atoms with van der Waals surface area (Å²) >= 11 is 0. The maximum atomic E-state index is 10.3. The first kappa shape index (κ1) is 13.4. The molecule has 12 heavy (non-hydrogen) atoms. The number of aliphatic carboxylic acids is 2. The Kier molecular flexibility index (Phi) is 7.36. The second-order valence-corrected chi connectivity index (χ2v) is 2.05. The fraction of sp³-hybridized carbons (Fsp3) is 0.667. The van der Waals surface area contributed by atoms with Crippen LogP contribution in [0.4, 0.5) is 0 Å². The Bertz CT molecular complexity index is 160. The Morgan fingerprint density at radius 2 is 1.92 bits per heavy atom. The van der Waals surface area contributed by atoms with Gasteiger partial charge in [0.1, 0.15) is 6.04 Å². The predicted octanol–water partition coefficient (Wildman–Crippen LogP) is -0.314. The third kappa shape index (κ3) is 5.63. The largest absolute Gasteiger partial charge is 0.481 e. The van der Waals surface area contributed by atoms with E-state index in [2.05, 4.69) is 5.32 Å². The molecule has 0 aromatic carbocycles. The molecule has 0 aliphatic rings. The van der Waals surface area contributed by atoms with Crippen LogP contribution in [0, 0.1) is 0 Å². The number of carboxylic acid groups (broad SMARTS) is 2. The highest BCUT2D eigenvalue weighted by Crippen LogP contribution is 1.91. The van der Waals surface area contributed by atoms with Gasteiger partial charge in [0, 0.05) is 0 Å². The van der Waals surface area contributed by atoms with Crippen LogP contribution in [0.15, 0.2) is 0 Å². The maximum absolute atomic E-state index is 10.3. The van der Waals surface area contributed by atoms with Gasteiger partial charge in [-0.1, -0.05) is 6.92 Å². The van der Waals surface area contributed by atoms with Crippen LogP contribution in [-0.4, -0.2) is 34.7 Å². The summed E-state index contributed by atoms with van der Waals surface area (Å²) in [6, 6.07) is -0.975. The molecule has 0 rings (SSSR count). The van der Waals surface area contributed by atoms with Crippen LogP contribution in [0.1, 0.15) is 13.3 Å². The van der Waals surface area contributed by atoms with Gasteiger partial charge in [0.05, 0.1) is 6.42 Å². The summed E-state index contributed by atoms with van der Waals surface area (Å²) in [5, 5.41) is 19.2. The number of carboxylic acids is 2. The summed E-state index contributed by atoms with van der Waals surface area (Å²) in [5.74, 6) is -2.24. The van der Waals surface area contributed by atoms with Gasteiger partial charge in [0.2, 0.25) is 0 Å². The van der Waals surface area contributed by atoms with E-state index in [9.17, 15) is 9.59 Å². The van der Waals surface area contributed by atoms with Crippen molar-refractivity contribution in [2.45, 2.75) is 19.4 Å². The molecular weight excluding hydrogens is 164 g/mol. The zero-order valence-electron chi connectivity index (χ0n) is 6.91. The monoisotopic (exact) mass is 178 g/mol. The predicted molar refractivity (Wildman–Crippen MR) is 42.4 cm³/mol. The van der Waals surface area contributed by atoms with Crippen LogP contribution >= 0.6 is 0 Å². The quantitative estimate of drug-likeness (QED) is 0.458. The van der Waals surface area contributed by atoms with E-state index in [-0.39, 0.29) is 12.6 Å². The molecule has 0 aromatic rings. The summed E-state index contributed by atoms with van der Waals surface area (Å²) in [6.45, 7) is 2.17. The van der Waals surface area contributed by atoms with E-state index >= 15 is 0 Å². The first-order valence-electron chi connectivity index (χ1n) is 3.26. The number of carbonyl (C=O) groups is 2. The Morgan fingerprint density at radius 1 is 1.42 bits per heavy atom. The molecule has 0 amide bonds. The van der Waals surface area contributed by atoms with Crippen LogP contribution in [0.25, 0.3) is 0 Å². The minimum absolute atomic E-state index is 0. The lowest BCUT2D eigenvalue weighted by atomic mass is 10.2. The zero-order valence-corrected chi connectivity index (χ0v) is 6.91. The van der Waals surface area contributed by atoms with Crippen molar-refractivity contribution in [3.63, 3.8) is 0 Å². The third-order valence-corrected chi connectivity index (χ3v) is 1.13. The molecule has 1 atom stereocenters. The van der Waals surface area contributed by atoms with E-state index in [1.54, 1.807) is 6.92 Å². The van der Waals surface area contributed by atoms with Gasteiger partial charge < -0.3 is 21.7 Å². The lowest BCUT2D eigenvalue weighted by Crippen LogP contribution is -2.38. The molecule has 1 unspecified atom stereocenters. The molecular formula is C6H14N2O4. The van der Waals surface area contributed by atoms with Crippen molar-refractivity contribution in [3.8, 4) is 0 Å². The summed E-state index contributed by atoms with van der Waals surface area (Å²) < 4.78 is 0. The van der Waals surface area contributed by atoms with Gasteiger partial charge in [-0.15, -0.1) is 0 Å². The van der Waals surface area contributed by atoms with E-state index in [4.69, 9.17) is 10.2 Å². The average molecular weight is 178 g/mol. The highest BCUT2D eigenvalue weighted by Gasteiger charge is 2.18. The van der Waals surface area contributed by atoms with Crippen molar-refractivity contribution in [3.05, 3.63) is 0 Å². The number of hydrogen-bond acceptors (Lipinski definition) is 4. The molecule has 0 aromatic heterocycles. The van der Waals surface area contributed by atoms with Crippen LogP contribution in [-0.2, 0) is 9.59 Å². The first-order chi connectivity index (χ1) is 5.07. The minimum atomic E-state index is -1.13. The Balaban J connectivity index is 0. The average Bonchev–Trinajstić information content (AvgIpc) is 1.86. The number of likely N-dealkylation sites (N-methyl/N-ethyl adjacent to an activating group) is 1. The topological polar surface area (TPSA) is 122 Å². The second-order valence-electron chi connectivity index (χ2n) is 2.05. The van der Waals surface area contributed by atoms with E-state index in [0.29, 0.717) is 6.54 Å². The van der Waals surface area contributed by atoms with E-state index in [1.807, 2.05) is 0 Å². The molecule has 0 radical (unpaired) electrons. The van der Waals surface area contributed by atoms with Gasteiger partial charge in [-0.05, 0) is 6.54 Å². The summed E-state index contributed by atoms with van der Waals surface area (Å²) in [4.78, 5) is 20.4. The maximum Gasteiger partial charge on any atom is 0.321 e. The van der Waals surface area contributed by atoms with Crippen molar-refractivity contribution in [2.75, 3.05) is 6.54 Å². The highest BCUT2D eigenvalue weighted by atomic mass is 16.4. The highest BCUT2D eigenvalue weighted by molar-refractivity contribution is 5.80. The molecule has 6 heteroatoms.